The monoisotopic (exact) mass is 618 g/mol. The van der Waals surface area contributed by atoms with Crippen LogP contribution in [-0.2, 0) is 47.7 Å². The summed E-state index contributed by atoms with van der Waals surface area (Å²) in [6.07, 6.45) is 2.59. The van der Waals surface area contributed by atoms with Crippen LogP contribution in [0.5, 0.6) is 0 Å². The van der Waals surface area contributed by atoms with Crippen molar-refractivity contribution in [2.75, 3.05) is 72.5 Å². The van der Waals surface area contributed by atoms with Crippen LogP contribution in [0.15, 0.2) is 0 Å². The molecule has 0 bridgehead atoms. The number of carboxylic acids is 1. The SMILES string of the molecule is CCC(=O)NC(CCC(=O)NCCOCCOCC(=O)NCCOCCOCC(=O)NCCCC[C@H](C)C(C)=O)C(=O)O. The number of carboxylic acid groups (broad SMARTS) is 1. The molecule has 2 atom stereocenters. The Balaban J connectivity index is 3.53. The lowest BCUT2D eigenvalue weighted by Gasteiger charge is -2.13. The molecule has 15 nitrogen and oxygen atoms in total. The summed E-state index contributed by atoms with van der Waals surface area (Å²) in [5.41, 5.74) is 0. The van der Waals surface area contributed by atoms with Gasteiger partial charge in [-0.15, -0.1) is 0 Å². The number of aliphatic carboxylic acids is 1. The van der Waals surface area contributed by atoms with Crippen LogP contribution in [0, 0.1) is 5.92 Å². The third kappa shape index (κ3) is 25.1. The molecule has 248 valence electrons. The van der Waals surface area contributed by atoms with Gasteiger partial charge in [0.25, 0.3) is 0 Å². The third-order valence-electron chi connectivity index (χ3n) is 6.04. The topological polar surface area (TPSA) is 208 Å². The first-order chi connectivity index (χ1) is 20.6. The molecule has 0 aromatic rings. The molecule has 0 aromatic heterocycles. The van der Waals surface area contributed by atoms with Crippen molar-refractivity contribution >= 4 is 35.4 Å². The van der Waals surface area contributed by atoms with E-state index in [1.165, 1.54) is 0 Å². The van der Waals surface area contributed by atoms with E-state index in [0.717, 1.165) is 19.3 Å². The number of rotatable bonds is 28. The van der Waals surface area contributed by atoms with E-state index < -0.39 is 17.9 Å². The first-order valence-corrected chi connectivity index (χ1v) is 14.7. The first-order valence-electron chi connectivity index (χ1n) is 14.7. The second kappa shape index (κ2) is 26.5. The molecule has 0 aromatic carbocycles. The number of unbranched alkanes of at least 4 members (excludes halogenated alkanes) is 1. The Morgan fingerprint density at radius 3 is 1.67 bits per heavy atom. The fraction of sp³-hybridized carbons (Fsp3) is 0.786. The highest BCUT2D eigenvalue weighted by molar-refractivity contribution is 5.84. The minimum Gasteiger partial charge on any atom is -0.480 e. The van der Waals surface area contributed by atoms with Crippen LogP contribution in [0.3, 0.4) is 0 Å². The second-order valence-electron chi connectivity index (χ2n) is 9.74. The molecule has 0 saturated heterocycles. The van der Waals surface area contributed by atoms with Gasteiger partial charge in [-0.1, -0.05) is 20.3 Å². The summed E-state index contributed by atoms with van der Waals surface area (Å²) in [5, 5.41) is 19.5. The summed E-state index contributed by atoms with van der Waals surface area (Å²) in [6.45, 7) is 7.36. The van der Waals surface area contributed by atoms with Crippen LogP contribution in [0.1, 0.15) is 59.3 Å². The van der Waals surface area contributed by atoms with E-state index >= 15 is 0 Å². The minimum absolute atomic E-state index is 0.0174. The highest BCUT2D eigenvalue weighted by atomic mass is 16.5. The summed E-state index contributed by atoms with van der Waals surface area (Å²) in [5.74, 6) is -2.22. The number of ketones is 1. The number of Topliss-reactive ketones (excluding diaryl/α,β-unsaturated/α-hetero) is 1. The van der Waals surface area contributed by atoms with Crippen molar-refractivity contribution in [3.05, 3.63) is 0 Å². The van der Waals surface area contributed by atoms with Crippen LogP contribution in [0.4, 0.5) is 0 Å². The van der Waals surface area contributed by atoms with Gasteiger partial charge in [-0.3, -0.25) is 24.0 Å². The lowest BCUT2D eigenvalue weighted by molar-refractivity contribution is -0.142. The van der Waals surface area contributed by atoms with Gasteiger partial charge in [-0.05, 0) is 26.2 Å². The van der Waals surface area contributed by atoms with Gasteiger partial charge in [0.05, 0.1) is 39.6 Å². The predicted molar refractivity (Wildman–Crippen MR) is 155 cm³/mol. The largest absolute Gasteiger partial charge is 0.480 e. The van der Waals surface area contributed by atoms with Gasteiger partial charge in [0, 0.05) is 38.4 Å². The van der Waals surface area contributed by atoms with E-state index in [2.05, 4.69) is 21.3 Å². The molecule has 0 radical (unpaired) electrons. The maximum Gasteiger partial charge on any atom is 0.326 e. The highest BCUT2D eigenvalue weighted by Gasteiger charge is 2.20. The number of ether oxygens (including phenoxy) is 4. The molecular weight excluding hydrogens is 568 g/mol. The van der Waals surface area contributed by atoms with Crippen LogP contribution in [0.25, 0.3) is 0 Å². The van der Waals surface area contributed by atoms with E-state index in [-0.39, 0.29) is 108 Å². The van der Waals surface area contributed by atoms with Crippen LogP contribution >= 0.6 is 0 Å². The Morgan fingerprint density at radius 2 is 1.16 bits per heavy atom. The number of nitrogens with one attached hydrogen (secondary N) is 4. The lowest BCUT2D eigenvalue weighted by atomic mass is 10.0. The third-order valence-corrected chi connectivity index (χ3v) is 6.04. The number of hydrogen-bond acceptors (Lipinski definition) is 10. The molecule has 0 spiro atoms. The number of carbonyl (C=O) groups is 6. The molecule has 0 rings (SSSR count). The molecule has 0 aliphatic heterocycles. The van der Waals surface area contributed by atoms with Crippen molar-refractivity contribution in [2.45, 2.75) is 65.3 Å². The van der Waals surface area contributed by atoms with Gasteiger partial charge in [0.2, 0.25) is 23.6 Å². The van der Waals surface area contributed by atoms with Gasteiger partial charge in [0.1, 0.15) is 25.0 Å². The fourth-order valence-electron chi connectivity index (χ4n) is 3.32. The highest BCUT2D eigenvalue weighted by Crippen LogP contribution is 2.07. The van der Waals surface area contributed by atoms with Crippen LogP contribution in [0.2, 0.25) is 0 Å². The summed E-state index contributed by atoms with van der Waals surface area (Å²) >= 11 is 0. The molecule has 43 heavy (non-hydrogen) atoms. The smallest absolute Gasteiger partial charge is 0.326 e. The normalized spacial score (nSPS) is 12.2. The Hall–Kier alpha value is -3.14. The van der Waals surface area contributed by atoms with Crippen LogP contribution in [-0.4, -0.2) is 119 Å². The zero-order chi connectivity index (χ0) is 32.3. The standard InChI is InChI=1S/C28H50N4O11/c1-4-24(34)32-23(28(38)39)8-9-25(35)30-11-13-40-15-18-43-20-27(37)31-12-14-41-16-17-42-19-26(36)29-10-6-5-7-21(2)22(3)33/h21,23H,4-20H2,1-3H3,(H,29,36)(H,30,35)(H,31,37)(H,32,34)(H,38,39)/t21-,23?/m0/s1. The zero-order valence-electron chi connectivity index (χ0n) is 25.7. The summed E-state index contributed by atoms with van der Waals surface area (Å²) in [7, 11) is 0. The Kier molecular flexibility index (Phi) is 24.6. The summed E-state index contributed by atoms with van der Waals surface area (Å²) in [4.78, 5) is 69.0. The van der Waals surface area contributed by atoms with Gasteiger partial charge in [-0.2, -0.15) is 0 Å². The first kappa shape index (κ1) is 39.9. The molecule has 0 fully saturated rings. The van der Waals surface area contributed by atoms with Crippen LogP contribution < -0.4 is 21.3 Å². The van der Waals surface area contributed by atoms with Gasteiger partial charge in [0.15, 0.2) is 0 Å². The minimum atomic E-state index is -1.19. The van der Waals surface area contributed by atoms with Crippen molar-refractivity contribution < 1.29 is 52.8 Å². The zero-order valence-corrected chi connectivity index (χ0v) is 25.7. The van der Waals surface area contributed by atoms with Crippen molar-refractivity contribution in [1.29, 1.82) is 0 Å². The van der Waals surface area contributed by atoms with E-state index in [1.807, 2.05) is 6.92 Å². The second-order valence-corrected chi connectivity index (χ2v) is 9.74. The molecule has 4 amide bonds. The van der Waals surface area contributed by atoms with Crippen molar-refractivity contribution in [1.82, 2.24) is 21.3 Å². The van der Waals surface area contributed by atoms with E-state index in [9.17, 15) is 28.8 Å². The number of carbonyl (C=O) groups excluding carboxylic acids is 5. The Labute approximate surface area is 253 Å². The molecule has 0 heterocycles. The molecule has 5 N–H and O–H groups in total. The average Bonchev–Trinajstić information content (AvgIpc) is 2.97. The number of amides is 4. The average molecular weight is 619 g/mol. The number of hydrogen-bond donors (Lipinski definition) is 5. The van der Waals surface area contributed by atoms with Gasteiger partial charge < -0.3 is 45.3 Å². The predicted octanol–water partition coefficient (Wildman–Crippen LogP) is -0.444. The summed E-state index contributed by atoms with van der Waals surface area (Å²) in [6, 6.07) is -1.11. The van der Waals surface area contributed by atoms with E-state index in [1.54, 1.807) is 13.8 Å². The van der Waals surface area contributed by atoms with E-state index in [0.29, 0.717) is 13.1 Å². The lowest BCUT2D eigenvalue weighted by Crippen LogP contribution is -2.41. The van der Waals surface area contributed by atoms with Gasteiger partial charge in [-0.25, -0.2) is 4.79 Å². The van der Waals surface area contributed by atoms with Crippen molar-refractivity contribution in [2.24, 2.45) is 5.92 Å². The van der Waals surface area contributed by atoms with Crippen molar-refractivity contribution in [3.8, 4) is 0 Å². The Bertz CT molecular complexity index is 842. The van der Waals surface area contributed by atoms with E-state index in [4.69, 9.17) is 24.1 Å². The molecule has 0 aliphatic rings. The Morgan fingerprint density at radius 1 is 0.651 bits per heavy atom. The summed E-state index contributed by atoms with van der Waals surface area (Å²) < 4.78 is 21.1. The van der Waals surface area contributed by atoms with Crippen molar-refractivity contribution in [3.63, 3.8) is 0 Å². The maximum atomic E-state index is 11.8. The molecule has 0 aliphatic carbocycles. The quantitative estimate of drug-likeness (QED) is 0.0710. The molecular formula is C28H50N4O11. The molecule has 0 saturated carbocycles. The van der Waals surface area contributed by atoms with Gasteiger partial charge >= 0.3 is 5.97 Å². The fourth-order valence-corrected chi connectivity index (χ4v) is 3.32. The maximum absolute atomic E-state index is 11.8. The molecule has 15 heteroatoms. The molecule has 1 unspecified atom stereocenters.